The Kier molecular flexibility index (Phi) is 6.71. The molecule has 2 aliphatic heterocycles. The number of morpholine rings is 2. The second kappa shape index (κ2) is 9.82. The van der Waals surface area contributed by atoms with Crippen LogP contribution in [0.1, 0.15) is 17.1 Å². The molecule has 2 aliphatic rings. The molecule has 9 nitrogen and oxygen atoms in total. The largest absolute Gasteiger partial charge is 0.379 e. The topological polar surface area (TPSA) is 93.0 Å². The van der Waals surface area contributed by atoms with E-state index >= 15 is 0 Å². The minimum absolute atomic E-state index is 0.0105. The van der Waals surface area contributed by atoms with Crippen molar-refractivity contribution >= 4 is 11.6 Å². The number of benzene rings is 1. The van der Waals surface area contributed by atoms with Gasteiger partial charge >= 0.3 is 11.8 Å². The number of amides is 1. The van der Waals surface area contributed by atoms with E-state index in [1.807, 2.05) is 24.3 Å². The summed E-state index contributed by atoms with van der Waals surface area (Å²) >= 11 is 0. The van der Waals surface area contributed by atoms with Gasteiger partial charge in [0.15, 0.2) is 0 Å². The quantitative estimate of drug-likeness (QED) is 0.688. The highest BCUT2D eigenvalue weighted by Crippen LogP contribution is 2.22. The smallest absolute Gasteiger partial charge is 0.316 e. The van der Waals surface area contributed by atoms with E-state index in [0.717, 1.165) is 76.8 Å². The van der Waals surface area contributed by atoms with Crippen LogP contribution in [0.2, 0.25) is 0 Å². The predicted octanol–water partition coefficient (Wildman–Crippen LogP) is 1.03. The minimum atomic E-state index is -0.337. The average molecular weight is 401 g/mol. The van der Waals surface area contributed by atoms with Crippen molar-refractivity contribution in [3.05, 3.63) is 30.2 Å². The first-order chi connectivity index (χ1) is 14.3. The van der Waals surface area contributed by atoms with Crippen LogP contribution in [0.4, 0.5) is 5.69 Å². The number of carbonyl (C=O) groups excluding carboxylic acids is 1. The summed E-state index contributed by atoms with van der Waals surface area (Å²) in [5.41, 5.74) is 1.95. The summed E-state index contributed by atoms with van der Waals surface area (Å²) in [6.07, 6.45) is 0.871. The van der Waals surface area contributed by atoms with Crippen molar-refractivity contribution in [2.75, 3.05) is 70.6 Å². The number of nitrogens with zero attached hydrogens (tertiary/aromatic N) is 4. The third-order valence-corrected chi connectivity index (χ3v) is 5.16. The van der Waals surface area contributed by atoms with Gasteiger partial charge < -0.3 is 24.2 Å². The second-order valence-electron chi connectivity index (χ2n) is 7.13. The van der Waals surface area contributed by atoms with Crippen LogP contribution in [0, 0.1) is 0 Å². The van der Waals surface area contributed by atoms with Gasteiger partial charge in [-0.2, -0.15) is 4.98 Å². The molecule has 3 heterocycles. The molecule has 2 aromatic rings. The molecule has 0 aliphatic carbocycles. The van der Waals surface area contributed by atoms with Crippen LogP contribution in [0.5, 0.6) is 0 Å². The maximum Gasteiger partial charge on any atom is 0.316 e. The Morgan fingerprint density at radius 3 is 2.41 bits per heavy atom. The molecule has 1 aromatic heterocycles. The first-order valence-corrected chi connectivity index (χ1v) is 10.1. The Morgan fingerprint density at radius 2 is 1.69 bits per heavy atom. The molecular formula is C20H27N5O4. The molecule has 0 atom stereocenters. The summed E-state index contributed by atoms with van der Waals surface area (Å²) in [7, 11) is 0. The summed E-state index contributed by atoms with van der Waals surface area (Å²) < 4.78 is 15.9. The lowest BCUT2D eigenvalue weighted by Crippen LogP contribution is -2.38. The van der Waals surface area contributed by atoms with Gasteiger partial charge in [0.1, 0.15) is 0 Å². The van der Waals surface area contributed by atoms with Gasteiger partial charge in [0.05, 0.1) is 26.4 Å². The lowest BCUT2D eigenvalue weighted by atomic mass is 10.2. The van der Waals surface area contributed by atoms with Crippen molar-refractivity contribution in [1.82, 2.24) is 20.4 Å². The maximum absolute atomic E-state index is 12.2. The molecule has 0 unspecified atom stereocenters. The fourth-order valence-corrected chi connectivity index (χ4v) is 3.48. The minimum Gasteiger partial charge on any atom is -0.379 e. The zero-order valence-electron chi connectivity index (χ0n) is 16.5. The first-order valence-electron chi connectivity index (χ1n) is 10.1. The zero-order chi connectivity index (χ0) is 19.9. The Hall–Kier alpha value is -2.49. The van der Waals surface area contributed by atoms with E-state index in [1.54, 1.807) is 0 Å². The number of anilines is 1. The third-order valence-electron chi connectivity index (χ3n) is 5.16. The highest BCUT2D eigenvalue weighted by molar-refractivity contribution is 5.89. The average Bonchev–Trinajstić information content (AvgIpc) is 3.29. The fraction of sp³-hybridized carbons (Fsp3) is 0.550. The fourth-order valence-electron chi connectivity index (χ4n) is 3.48. The van der Waals surface area contributed by atoms with Crippen molar-refractivity contribution in [1.29, 1.82) is 0 Å². The Balaban J connectivity index is 1.26. The van der Waals surface area contributed by atoms with Crippen molar-refractivity contribution in [2.45, 2.75) is 6.42 Å². The zero-order valence-corrected chi connectivity index (χ0v) is 16.5. The third kappa shape index (κ3) is 5.31. The summed E-state index contributed by atoms with van der Waals surface area (Å²) in [5, 5.41) is 6.79. The molecule has 0 bridgehead atoms. The molecule has 0 radical (unpaired) electrons. The molecule has 4 rings (SSSR count). The van der Waals surface area contributed by atoms with Crippen LogP contribution in [-0.2, 0) is 9.47 Å². The molecule has 9 heteroatoms. The molecule has 2 saturated heterocycles. The van der Waals surface area contributed by atoms with Gasteiger partial charge in [0.25, 0.3) is 0 Å². The van der Waals surface area contributed by atoms with Gasteiger partial charge in [-0.05, 0) is 37.2 Å². The van der Waals surface area contributed by atoms with Crippen molar-refractivity contribution in [3.63, 3.8) is 0 Å². The number of ether oxygens (including phenoxy) is 2. The van der Waals surface area contributed by atoms with E-state index < -0.39 is 0 Å². The molecule has 29 heavy (non-hydrogen) atoms. The van der Waals surface area contributed by atoms with Crippen LogP contribution >= 0.6 is 0 Å². The number of carbonyl (C=O) groups is 1. The van der Waals surface area contributed by atoms with E-state index in [-0.39, 0.29) is 11.8 Å². The maximum atomic E-state index is 12.2. The van der Waals surface area contributed by atoms with Crippen LogP contribution in [0.3, 0.4) is 0 Å². The summed E-state index contributed by atoms with van der Waals surface area (Å²) in [6.45, 7) is 8.24. The summed E-state index contributed by atoms with van der Waals surface area (Å²) in [5.74, 6) is 0.0660. The molecule has 156 valence electrons. The lowest BCUT2D eigenvalue weighted by Gasteiger charge is -2.28. The Bertz CT molecular complexity index is 782. The highest BCUT2D eigenvalue weighted by Gasteiger charge is 2.17. The summed E-state index contributed by atoms with van der Waals surface area (Å²) in [4.78, 5) is 21.1. The van der Waals surface area contributed by atoms with E-state index in [0.29, 0.717) is 12.4 Å². The highest BCUT2D eigenvalue weighted by atomic mass is 16.5. The van der Waals surface area contributed by atoms with Gasteiger partial charge in [0.2, 0.25) is 5.82 Å². The van der Waals surface area contributed by atoms with Gasteiger partial charge in [-0.3, -0.25) is 9.69 Å². The predicted molar refractivity (Wildman–Crippen MR) is 107 cm³/mol. The second-order valence-corrected chi connectivity index (χ2v) is 7.13. The SMILES string of the molecule is O=C(NCCCN1CCOCC1)c1nc(-c2ccc(N3CCOCC3)cc2)no1. The molecule has 1 aromatic carbocycles. The molecule has 2 fully saturated rings. The van der Waals surface area contributed by atoms with Crippen molar-refractivity contribution in [3.8, 4) is 11.4 Å². The van der Waals surface area contributed by atoms with E-state index in [2.05, 4.69) is 25.3 Å². The molecular weight excluding hydrogens is 374 g/mol. The standard InChI is InChI=1S/C20H27N5O4/c26-19(21-6-1-7-24-8-12-27-13-9-24)20-22-18(23-29-20)16-2-4-17(5-3-16)25-10-14-28-15-11-25/h2-5H,1,6-15H2,(H,21,26). The molecule has 0 spiro atoms. The van der Waals surface area contributed by atoms with E-state index in [1.165, 1.54) is 0 Å². The van der Waals surface area contributed by atoms with Gasteiger partial charge in [-0.25, -0.2) is 0 Å². The Labute approximate surface area is 169 Å². The Morgan fingerprint density at radius 1 is 1.00 bits per heavy atom. The number of hydrogen-bond donors (Lipinski definition) is 1. The molecule has 1 N–H and O–H groups in total. The van der Waals surface area contributed by atoms with Crippen molar-refractivity contribution < 1.29 is 18.8 Å². The van der Waals surface area contributed by atoms with Crippen molar-refractivity contribution in [2.24, 2.45) is 0 Å². The number of aromatic nitrogens is 2. The van der Waals surface area contributed by atoms with Gasteiger partial charge in [-0.1, -0.05) is 5.16 Å². The number of hydrogen-bond acceptors (Lipinski definition) is 8. The van der Waals surface area contributed by atoms with Crippen LogP contribution in [0.25, 0.3) is 11.4 Å². The first kappa shape index (κ1) is 19.8. The van der Waals surface area contributed by atoms with Crippen LogP contribution < -0.4 is 10.2 Å². The lowest BCUT2D eigenvalue weighted by molar-refractivity contribution is 0.0374. The van der Waals surface area contributed by atoms with Gasteiger partial charge in [0, 0.05) is 44.0 Å². The molecule has 1 amide bonds. The number of rotatable bonds is 7. The van der Waals surface area contributed by atoms with E-state index in [4.69, 9.17) is 14.0 Å². The van der Waals surface area contributed by atoms with Crippen LogP contribution in [0.15, 0.2) is 28.8 Å². The van der Waals surface area contributed by atoms with Gasteiger partial charge in [-0.15, -0.1) is 0 Å². The molecule has 0 saturated carbocycles. The van der Waals surface area contributed by atoms with E-state index in [9.17, 15) is 4.79 Å². The summed E-state index contributed by atoms with van der Waals surface area (Å²) in [6, 6.07) is 7.95. The normalized spacial score (nSPS) is 18.0. The number of nitrogens with one attached hydrogen (secondary N) is 1. The van der Waals surface area contributed by atoms with Crippen LogP contribution in [-0.4, -0.2) is 86.6 Å². The monoisotopic (exact) mass is 401 g/mol.